The van der Waals surface area contributed by atoms with Gasteiger partial charge < -0.3 is 19.5 Å². The molecule has 0 amide bonds. The summed E-state index contributed by atoms with van der Waals surface area (Å²) in [7, 11) is 3.35. The van der Waals surface area contributed by atoms with Crippen LogP contribution in [-0.2, 0) is 11.3 Å². The van der Waals surface area contributed by atoms with E-state index < -0.39 is 0 Å². The van der Waals surface area contributed by atoms with Crippen LogP contribution in [-0.4, -0.2) is 33.5 Å². The van der Waals surface area contributed by atoms with E-state index in [1.165, 1.54) is 0 Å². The predicted octanol–water partition coefficient (Wildman–Crippen LogP) is 3.24. The van der Waals surface area contributed by atoms with E-state index in [0.29, 0.717) is 12.0 Å². The molecular formula is C18H29NO3. The van der Waals surface area contributed by atoms with Gasteiger partial charge in [0.2, 0.25) is 0 Å². The average molecular weight is 307 g/mol. The summed E-state index contributed by atoms with van der Waals surface area (Å²) >= 11 is 0. The van der Waals surface area contributed by atoms with Gasteiger partial charge in [0.1, 0.15) is 0 Å². The van der Waals surface area contributed by atoms with Crippen molar-refractivity contribution in [3.05, 3.63) is 23.8 Å². The number of nitrogens with one attached hydrogen (secondary N) is 1. The molecule has 1 saturated heterocycles. The Kier molecular flexibility index (Phi) is 5.70. The number of rotatable bonds is 6. The predicted molar refractivity (Wildman–Crippen MR) is 88.6 cm³/mol. The van der Waals surface area contributed by atoms with Gasteiger partial charge in [0.25, 0.3) is 0 Å². The van der Waals surface area contributed by atoms with Crippen LogP contribution in [0.15, 0.2) is 18.2 Å². The lowest BCUT2D eigenvalue weighted by molar-refractivity contribution is 0.00720. The third-order valence-corrected chi connectivity index (χ3v) is 4.27. The summed E-state index contributed by atoms with van der Waals surface area (Å²) in [6.07, 6.45) is 1.46. The lowest BCUT2D eigenvalue weighted by atomic mass is 9.81. The highest BCUT2D eigenvalue weighted by atomic mass is 16.5. The van der Waals surface area contributed by atoms with Crippen LogP contribution in [0.3, 0.4) is 0 Å². The molecule has 0 aromatic heterocycles. The molecule has 0 unspecified atom stereocenters. The molecule has 2 rings (SSSR count). The molecule has 2 atom stereocenters. The van der Waals surface area contributed by atoms with Crippen molar-refractivity contribution < 1.29 is 14.2 Å². The number of para-hydroxylation sites is 1. The molecule has 1 aromatic rings. The van der Waals surface area contributed by atoms with E-state index in [-0.39, 0.29) is 5.41 Å². The van der Waals surface area contributed by atoms with Crippen molar-refractivity contribution in [3.63, 3.8) is 0 Å². The van der Waals surface area contributed by atoms with Crippen molar-refractivity contribution in [3.8, 4) is 11.5 Å². The first-order chi connectivity index (χ1) is 10.5. The number of ether oxygens (including phenoxy) is 3. The molecule has 1 heterocycles. The van der Waals surface area contributed by atoms with Crippen molar-refractivity contribution in [2.24, 2.45) is 11.3 Å². The van der Waals surface area contributed by atoms with Crippen LogP contribution in [0.2, 0.25) is 0 Å². The van der Waals surface area contributed by atoms with Crippen molar-refractivity contribution in [1.82, 2.24) is 5.32 Å². The van der Waals surface area contributed by atoms with Crippen molar-refractivity contribution in [2.75, 3.05) is 27.4 Å². The van der Waals surface area contributed by atoms with E-state index in [2.05, 4.69) is 32.2 Å². The van der Waals surface area contributed by atoms with Gasteiger partial charge in [0, 0.05) is 31.2 Å². The van der Waals surface area contributed by atoms with Gasteiger partial charge in [-0.1, -0.05) is 32.9 Å². The topological polar surface area (TPSA) is 39.7 Å². The highest BCUT2D eigenvalue weighted by Crippen LogP contribution is 2.35. The Bertz CT molecular complexity index is 482. The van der Waals surface area contributed by atoms with Crippen molar-refractivity contribution in [2.45, 2.75) is 39.8 Å². The van der Waals surface area contributed by atoms with Crippen LogP contribution < -0.4 is 14.8 Å². The van der Waals surface area contributed by atoms with E-state index in [4.69, 9.17) is 14.2 Å². The van der Waals surface area contributed by atoms with Gasteiger partial charge in [0.05, 0.1) is 20.3 Å². The number of hydrogen-bond acceptors (Lipinski definition) is 4. The average Bonchev–Trinajstić information content (AvgIpc) is 2.95. The molecule has 1 N–H and O–H groups in total. The zero-order valence-corrected chi connectivity index (χ0v) is 14.4. The zero-order chi connectivity index (χ0) is 16.2. The first kappa shape index (κ1) is 17.1. The fourth-order valence-corrected chi connectivity index (χ4v) is 3.29. The van der Waals surface area contributed by atoms with Gasteiger partial charge in [-0.05, 0) is 17.9 Å². The van der Waals surface area contributed by atoms with E-state index in [0.717, 1.165) is 43.2 Å². The van der Waals surface area contributed by atoms with E-state index in [1.54, 1.807) is 14.2 Å². The van der Waals surface area contributed by atoms with Crippen LogP contribution >= 0.6 is 0 Å². The Morgan fingerprint density at radius 1 is 1.23 bits per heavy atom. The Morgan fingerprint density at radius 3 is 2.64 bits per heavy atom. The Balaban J connectivity index is 1.94. The standard InChI is InChI=1S/C18H29NO3/c1-18(2,3)17-14(9-10-22-17)12-19-11-13-7-6-8-15(20-4)16(13)21-5/h6-8,14,17,19H,9-12H2,1-5H3/t14-,17+/m1/s1. The number of methoxy groups -OCH3 is 2. The fraction of sp³-hybridized carbons (Fsp3) is 0.667. The van der Waals surface area contributed by atoms with Gasteiger partial charge in [-0.3, -0.25) is 0 Å². The molecule has 0 radical (unpaired) electrons. The molecule has 124 valence electrons. The Labute approximate surface area is 134 Å². The summed E-state index contributed by atoms with van der Waals surface area (Å²) in [5.74, 6) is 2.16. The molecule has 0 aliphatic carbocycles. The first-order valence-electron chi connectivity index (χ1n) is 7.99. The highest BCUT2D eigenvalue weighted by Gasteiger charge is 2.36. The molecule has 1 fully saturated rings. The summed E-state index contributed by atoms with van der Waals surface area (Å²) in [6, 6.07) is 5.98. The number of benzene rings is 1. The maximum Gasteiger partial charge on any atom is 0.165 e. The molecule has 0 saturated carbocycles. The maximum absolute atomic E-state index is 5.93. The Morgan fingerprint density at radius 2 is 2.00 bits per heavy atom. The fourth-order valence-electron chi connectivity index (χ4n) is 3.29. The van der Waals surface area contributed by atoms with E-state index in [9.17, 15) is 0 Å². The zero-order valence-electron chi connectivity index (χ0n) is 14.4. The van der Waals surface area contributed by atoms with Gasteiger partial charge >= 0.3 is 0 Å². The van der Waals surface area contributed by atoms with Crippen LogP contribution in [0.1, 0.15) is 32.8 Å². The van der Waals surface area contributed by atoms with E-state index >= 15 is 0 Å². The monoisotopic (exact) mass is 307 g/mol. The highest BCUT2D eigenvalue weighted by molar-refractivity contribution is 5.46. The maximum atomic E-state index is 5.93. The molecule has 4 nitrogen and oxygen atoms in total. The lowest BCUT2D eigenvalue weighted by Crippen LogP contribution is -2.36. The summed E-state index contributed by atoms with van der Waals surface area (Å²) in [6.45, 7) is 9.36. The van der Waals surface area contributed by atoms with E-state index in [1.807, 2.05) is 12.1 Å². The molecular weight excluding hydrogens is 278 g/mol. The van der Waals surface area contributed by atoms with Crippen LogP contribution in [0.4, 0.5) is 0 Å². The molecule has 4 heteroatoms. The van der Waals surface area contributed by atoms with Gasteiger partial charge in [-0.15, -0.1) is 0 Å². The van der Waals surface area contributed by atoms with Crippen LogP contribution in [0.5, 0.6) is 11.5 Å². The van der Waals surface area contributed by atoms with Crippen molar-refractivity contribution >= 4 is 0 Å². The Hall–Kier alpha value is -1.26. The molecule has 1 aliphatic heterocycles. The minimum absolute atomic E-state index is 0.191. The summed E-state index contributed by atoms with van der Waals surface area (Å²) in [5.41, 5.74) is 1.31. The van der Waals surface area contributed by atoms with Gasteiger partial charge in [-0.25, -0.2) is 0 Å². The normalized spacial score (nSPS) is 21.9. The summed E-state index contributed by atoms with van der Waals surface area (Å²) in [4.78, 5) is 0. The quantitative estimate of drug-likeness (QED) is 0.876. The summed E-state index contributed by atoms with van der Waals surface area (Å²) in [5, 5.41) is 3.56. The van der Waals surface area contributed by atoms with Crippen LogP contribution in [0.25, 0.3) is 0 Å². The second kappa shape index (κ2) is 7.34. The van der Waals surface area contributed by atoms with Crippen LogP contribution in [0, 0.1) is 11.3 Å². The van der Waals surface area contributed by atoms with Crippen molar-refractivity contribution in [1.29, 1.82) is 0 Å². The minimum atomic E-state index is 0.191. The molecule has 0 bridgehead atoms. The van der Waals surface area contributed by atoms with Gasteiger partial charge in [-0.2, -0.15) is 0 Å². The largest absolute Gasteiger partial charge is 0.493 e. The SMILES string of the molecule is COc1cccc(CNC[C@H]2CCO[C@@H]2C(C)(C)C)c1OC. The molecule has 22 heavy (non-hydrogen) atoms. The molecule has 1 aromatic carbocycles. The second-order valence-electron chi connectivity index (χ2n) is 6.99. The number of hydrogen-bond donors (Lipinski definition) is 1. The third kappa shape index (κ3) is 3.93. The van der Waals surface area contributed by atoms with Gasteiger partial charge in [0.15, 0.2) is 11.5 Å². The first-order valence-corrected chi connectivity index (χ1v) is 7.99. The molecule has 1 aliphatic rings. The smallest absolute Gasteiger partial charge is 0.165 e. The lowest BCUT2D eigenvalue weighted by Gasteiger charge is -2.31. The third-order valence-electron chi connectivity index (χ3n) is 4.27. The summed E-state index contributed by atoms with van der Waals surface area (Å²) < 4.78 is 16.8. The second-order valence-corrected chi connectivity index (χ2v) is 6.99. The minimum Gasteiger partial charge on any atom is -0.493 e. The molecule has 0 spiro atoms.